The van der Waals surface area contributed by atoms with Crippen molar-refractivity contribution in [1.29, 1.82) is 0 Å². The highest BCUT2D eigenvalue weighted by atomic mass is 16.5. The molecule has 1 aliphatic heterocycles. The molecule has 5 rings (SSSR count). The Labute approximate surface area is 188 Å². The SMILES string of the molecule is COc1nc(-c2c(C)ccc3[nH]ncc23)nc2c1CN(c1cc(C(C)C)ccc1C)CC2. The van der Waals surface area contributed by atoms with Crippen LogP contribution in [0.2, 0.25) is 0 Å². The first kappa shape index (κ1) is 20.5. The molecule has 1 aliphatic rings. The molecule has 0 amide bonds. The Bertz CT molecular complexity index is 1290. The Morgan fingerprint density at radius 2 is 1.88 bits per heavy atom. The minimum atomic E-state index is 0.501. The minimum absolute atomic E-state index is 0.501. The molecule has 0 radical (unpaired) electrons. The summed E-state index contributed by atoms with van der Waals surface area (Å²) in [5.74, 6) is 1.87. The van der Waals surface area contributed by atoms with Gasteiger partial charge in [-0.1, -0.05) is 32.0 Å². The molecule has 164 valence electrons. The molecule has 1 N–H and O–H groups in total. The summed E-state index contributed by atoms with van der Waals surface area (Å²) in [6.45, 7) is 10.4. The normalized spacial score (nSPS) is 13.6. The Hall–Kier alpha value is -3.41. The van der Waals surface area contributed by atoms with E-state index in [2.05, 4.69) is 67.1 Å². The molecule has 2 aromatic heterocycles. The average Bonchev–Trinajstić information content (AvgIpc) is 3.26. The fraction of sp³-hybridized carbons (Fsp3) is 0.346. The lowest BCUT2D eigenvalue weighted by Gasteiger charge is -2.32. The number of hydrogen-bond donors (Lipinski definition) is 1. The molecular weight excluding hydrogens is 398 g/mol. The second-order valence-corrected chi connectivity index (χ2v) is 8.94. The number of nitrogens with zero attached hydrogens (tertiary/aromatic N) is 4. The lowest BCUT2D eigenvalue weighted by molar-refractivity contribution is 0.388. The van der Waals surface area contributed by atoms with Gasteiger partial charge in [-0.25, -0.2) is 4.98 Å². The van der Waals surface area contributed by atoms with Crippen molar-refractivity contribution >= 4 is 16.6 Å². The molecule has 32 heavy (non-hydrogen) atoms. The Morgan fingerprint density at radius 3 is 2.66 bits per heavy atom. The molecule has 0 saturated heterocycles. The summed E-state index contributed by atoms with van der Waals surface area (Å²) < 4.78 is 5.78. The summed E-state index contributed by atoms with van der Waals surface area (Å²) in [6, 6.07) is 10.9. The number of methoxy groups -OCH3 is 1. The maximum absolute atomic E-state index is 5.78. The van der Waals surface area contributed by atoms with Gasteiger partial charge in [0.2, 0.25) is 5.88 Å². The smallest absolute Gasteiger partial charge is 0.222 e. The molecular formula is C26H29N5O. The van der Waals surface area contributed by atoms with Gasteiger partial charge in [-0.3, -0.25) is 5.10 Å². The molecule has 4 aromatic rings. The third kappa shape index (κ3) is 3.40. The zero-order valence-electron chi connectivity index (χ0n) is 19.4. The summed E-state index contributed by atoms with van der Waals surface area (Å²) in [6.07, 6.45) is 2.70. The Kier molecular flexibility index (Phi) is 5.08. The van der Waals surface area contributed by atoms with Crippen LogP contribution in [0.1, 0.15) is 47.7 Å². The van der Waals surface area contributed by atoms with Crippen LogP contribution in [0, 0.1) is 13.8 Å². The van der Waals surface area contributed by atoms with Gasteiger partial charge in [0.25, 0.3) is 0 Å². The summed E-state index contributed by atoms with van der Waals surface area (Å²) in [5, 5.41) is 8.29. The van der Waals surface area contributed by atoms with Crippen LogP contribution in [0.25, 0.3) is 22.3 Å². The first-order valence-electron chi connectivity index (χ1n) is 11.2. The summed E-state index contributed by atoms with van der Waals surface area (Å²) in [5.41, 5.74) is 9.20. The molecule has 6 heteroatoms. The first-order chi connectivity index (χ1) is 15.5. The monoisotopic (exact) mass is 427 g/mol. The van der Waals surface area contributed by atoms with Crippen LogP contribution in [0.15, 0.2) is 36.5 Å². The predicted molar refractivity (Wildman–Crippen MR) is 128 cm³/mol. The highest BCUT2D eigenvalue weighted by Gasteiger charge is 2.26. The first-order valence-corrected chi connectivity index (χ1v) is 11.2. The van der Waals surface area contributed by atoms with Gasteiger partial charge < -0.3 is 9.64 Å². The lowest BCUT2D eigenvalue weighted by Crippen LogP contribution is -2.32. The van der Waals surface area contributed by atoms with Crippen molar-refractivity contribution in [3.63, 3.8) is 0 Å². The van der Waals surface area contributed by atoms with Crippen molar-refractivity contribution in [1.82, 2.24) is 20.2 Å². The number of aryl methyl sites for hydroxylation is 2. The number of fused-ring (bicyclic) bond motifs is 2. The van der Waals surface area contributed by atoms with Gasteiger partial charge in [0.1, 0.15) is 0 Å². The summed E-state index contributed by atoms with van der Waals surface area (Å²) >= 11 is 0. The number of anilines is 1. The molecule has 0 saturated carbocycles. The number of nitrogens with one attached hydrogen (secondary N) is 1. The zero-order valence-corrected chi connectivity index (χ0v) is 19.4. The van der Waals surface area contributed by atoms with E-state index in [9.17, 15) is 0 Å². The molecule has 0 spiro atoms. The van der Waals surface area contributed by atoms with Gasteiger partial charge in [-0.2, -0.15) is 10.1 Å². The van der Waals surface area contributed by atoms with Crippen molar-refractivity contribution in [3.05, 3.63) is 64.5 Å². The van der Waals surface area contributed by atoms with E-state index in [-0.39, 0.29) is 0 Å². The number of ether oxygens (including phenoxy) is 1. The maximum Gasteiger partial charge on any atom is 0.222 e. The van der Waals surface area contributed by atoms with Crippen molar-refractivity contribution in [3.8, 4) is 17.3 Å². The molecule has 2 aromatic carbocycles. The molecule has 6 nitrogen and oxygen atoms in total. The van der Waals surface area contributed by atoms with Crippen LogP contribution in [0.5, 0.6) is 5.88 Å². The van der Waals surface area contributed by atoms with E-state index in [0.717, 1.165) is 52.8 Å². The van der Waals surface area contributed by atoms with Crippen LogP contribution in [-0.4, -0.2) is 33.8 Å². The molecule has 0 fully saturated rings. The summed E-state index contributed by atoms with van der Waals surface area (Å²) in [4.78, 5) is 12.3. The third-order valence-corrected chi connectivity index (χ3v) is 6.51. The number of rotatable bonds is 4. The van der Waals surface area contributed by atoms with Crippen molar-refractivity contribution in [2.45, 2.75) is 46.6 Å². The average molecular weight is 428 g/mol. The quantitative estimate of drug-likeness (QED) is 0.477. The predicted octanol–water partition coefficient (Wildman–Crippen LogP) is 5.33. The van der Waals surface area contributed by atoms with Gasteiger partial charge in [0.15, 0.2) is 5.82 Å². The largest absolute Gasteiger partial charge is 0.481 e. The maximum atomic E-state index is 5.78. The topological polar surface area (TPSA) is 66.9 Å². The number of aromatic nitrogens is 4. The van der Waals surface area contributed by atoms with E-state index in [1.54, 1.807) is 7.11 Å². The molecule has 0 atom stereocenters. The van der Waals surface area contributed by atoms with Crippen molar-refractivity contribution in [2.75, 3.05) is 18.6 Å². The molecule has 3 heterocycles. The third-order valence-electron chi connectivity index (χ3n) is 6.51. The van der Waals surface area contributed by atoms with E-state index in [1.807, 2.05) is 12.3 Å². The molecule has 0 bridgehead atoms. The van der Waals surface area contributed by atoms with Crippen LogP contribution >= 0.6 is 0 Å². The number of hydrogen-bond acceptors (Lipinski definition) is 5. The van der Waals surface area contributed by atoms with Crippen molar-refractivity contribution in [2.24, 2.45) is 0 Å². The highest BCUT2D eigenvalue weighted by molar-refractivity contribution is 5.94. The molecule has 0 aliphatic carbocycles. The second kappa shape index (κ2) is 7.93. The number of H-pyrrole nitrogens is 1. The minimum Gasteiger partial charge on any atom is -0.481 e. The van der Waals surface area contributed by atoms with E-state index in [4.69, 9.17) is 14.7 Å². The van der Waals surface area contributed by atoms with Gasteiger partial charge in [-0.15, -0.1) is 0 Å². The van der Waals surface area contributed by atoms with E-state index < -0.39 is 0 Å². The number of aromatic amines is 1. The summed E-state index contributed by atoms with van der Waals surface area (Å²) in [7, 11) is 1.70. The fourth-order valence-corrected chi connectivity index (χ4v) is 4.62. The standard InChI is InChI=1S/C26H29N5O/c1-15(2)18-8-6-16(3)23(12-18)31-11-10-21-20(14-31)26(32-5)29-25(28-21)24-17(4)7-9-22-19(24)13-27-30-22/h6-9,12-13,15H,10-11,14H2,1-5H3,(H,27,30). The van der Waals surface area contributed by atoms with Crippen LogP contribution < -0.4 is 9.64 Å². The van der Waals surface area contributed by atoms with Crippen molar-refractivity contribution < 1.29 is 4.74 Å². The van der Waals surface area contributed by atoms with E-state index in [1.165, 1.54) is 16.8 Å². The van der Waals surface area contributed by atoms with E-state index >= 15 is 0 Å². The highest BCUT2D eigenvalue weighted by Crippen LogP contribution is 2.35. The van der Waals surface area contributed by atoms with Gasteiger partial charge in [-0.05, 0) is 48.6 Å². The molecule has 0 unspecified atom stereocenters. The van der Waals surface area contributed by atoms with Crippen LogP contribution in [-0.2, 0) is 13.0 Å². The van der Waals surface area contributed by atoms with Gasteiger partial charge in [0.05, 0.1) is 36.6 Å². The van der Waals surface area contributed by atoms with Crippen LogP contribution in [0.3, 0.4) is 0 Å². The van der Waals surface area contributed by atoms with Gasteiger partial charge in [0, 0.05) is 29.6 Å². The Morgan fingerprint density at radius 1 is 1.06 bits per heavy atom. The lowest BCUT2D eigenvalue weighted by atomic mass is 9.98. The number of benzene rings is 2. The van der Waals surface area contributed by atoms with E-state index in [0.29, 0.717) is 17.6 Å². The van der Waals surface area contributed by atoms with Crippen LogP contribution in [0.4, 0.5) is 5.69 Å². The second-order valence-electron chi connectivity index (χ2n) is 8.94. The van der Waals surface area contributed by atoms with Gasteiger partial charge >= 0.3 is 0 Å². The zero-order chi connectivity index (χ0) is 22.4. The fourth-order valence-electron chi connectivity index (χ4n) is 4.62. The Balaban J connectivity index is 1.57.